The summed E-state index contributed by atoms with van der Waals surface area (Å²) in [6, 6.07) is 13.7. The third-order valence-electron chi connectivity index (χ3n) is 5.58. The lowest BCUT2D eigenvalue weighted by atomic mass is 10.1. The lowest BCUT2D eigenvalue weighted by Crippen LogP contribution is -2.50. The molecular formula is C23H25FN4O2. The number of aromatic nitrogens is 1. The van der Waals surface area contributed by atoms with Gasteiger partial charge in [0.05, 0.1) is 13.0 Å². The second-order valence-corrected chi connectivity index (χ2v) is 7.66. The lowest BCUT2D eigenvalue weighted by molar-refractivity contribution is -0.132. The minimum atomic E-state index is -0.336. The number of hydrogen-bond acceptors (Lipinski definition) is 3. The number of aryl methyl sites for hydroxylation is 1. The van der Waals surface area contributed by atoms with Crippen molar-refractivity contribution in [2.75, 3.05) is 38.0 Å². The first kappa shape index (κ1) is 20.1. The van der Waals surface area contributed by atoms with Crippen molar-refractivity contribution in [2.45, 2.75) is 13.3 Å². The van der Waals surface area contributed by atoms with E-state index in [1.807, 2.05) is 41.0 Å². The Bertz CT molecular complexity index is 1050. The van der Waals surface area contributed by atoms with Crippen molar-refractivity contribution < 1.29 is 14.0 Å². The number of H-pyrrole nitrogens is 1. The molecule has 156 valence electrons. The fourth-order valence-corrected chi connectivity index (χ4v) is 3.92. The normalized spacial score (nSPS) is 14.8. The van der Waals surface area contributed by atoms with Crippen LogP contribution in [0.1, 0.15) is 11.3 Å². The second kappa shape index (κ2) is 8.67. The van der Waals surface area contributed by atoms with Crippen LogP contribution < -0.4 is 5.32 Å². The molecule has 0 bridgehead atoms. The van der Waals surface area contributed by atoms with Gasteiger partial charge >= 0.3 is 0 Å². The van der Waals surface area contributed by atoms with Gasteiger partial charge in [-0.2, -0.15) is 0 Å². The van der Waals surface area contributed by atoms with E-state index in [0.717, 1.165) is 22.2 Å². The molecule has 1 aliphatic heterocycles. The summed E-state index contributed by atoms with van der Waals surface area (Å²) >= 11 is 0. The van der Waals surface area contributed by atoms with Gasteiger partial charge in [0.15, 0.2) is 0 Å². The number of nitrogens with zero attached hydrogens (tertiary/aromatic N) is 2. The van der Waals surface area contributed by atoms with Gasteiger partial charge in [0.1, 0.15) is 5.82 Å². The second-order valence-electron chi connectivity index (χ2n) is 7.66. The number of aromatic amines is 1. The molecule has 2 aromatic carbocycles. The van der Waals surface area contributed by atoms with E-state index in [0.29, 0.717) is 38.3 Å². The molecule has 7 heteroatoms. The number of rotatable bonds is 5. The maximum Gasteiger partial charge on any atom is 0.238 e. The van der Waals surface area contributed by atoms with E-state index in [1.54, 1.807) is 0 Å². The molecule has 2 N–H and O–H groups in total. The standard InChI is InChI=1S/C23H25FN4O2/c1-16-20(19-4-2-3-5-21(19)25-16)14-23(30)28-12-10-27(11-13-28)15-22(29)26-18-8-6-17(24)7-9-18/h2-9,25H,10-15H2,1H3,(H,26,29). The molecule has 30 heavy (non-hydrogen) atoms. The zero-order chi connectivity index (χ0) is 21.1. The Balaban J connectivity index is 1.28. The van der Waals surface area contributed by atoms with Crippen LogP contribution in [0.3, 0.4) is 0 Å². The number of carbonyl (C=O) groups excluding carboxylic acids is 2. The first-order valence-corrected chi connectivity index (χ1v) is 10.1. The molecular weight excluding hydrogens is 383 g/mol. The van der Waals surface area contributed by atoms with Crippen LogP contribution in [0.5, 0.6) is 0 Å². The molecule has 2 heterocycles. The number of amides is 2. The van der Waals surface area contributed by atoms with Gasteiger partial charge in [-0.3, -0.25) is 14.5 Å². The number of piperazine rings is 1. The Hall–Kier alpha value is -3.19. The number of hydrogen-bond donors (Lipinski definition) is 2. The van der Waals surface area contributed by atoms with Crippen molar-refractivity contribution in [3.63, 3.8) is 0 Å². The van der Waals surface area contributed by atoms with E-state index >= 15 is 0 Å². The van der Waals surface area contributed by atoms with Crippen LogP contribution in [-0.4, -0.2) is 59.3 Å². The molecule has 0 saturated carbocycles. The summed E-state index contributed by atoms with van der Waals surface area (Å²) in [7, 11) is 0. The molecule has 6 nitrogen and oxygen atoms in total. The highest BCUT2D eigenvalue weighted by molar-refractivity contribution is 5.92. The number of para-hydroxylation sites is 1. The highest BCUT2D eigenvalue weighted by atomic mass is 19.1. The zero-order valence-corrected chi connectivity index (χ0v) is 17.0. The summed E-state index contributed by atoms with van der Waals surface area (Å²) in [6.45, 7) is 4.75. The van der Waals surface area contributed by atoms with Crippen LogP contribution in [0.4, 0.5) is 10.1 Å². The van der Waals surface area contributed by atoms with Gasteiger partial charge in [-0.15, -0.1) is 0 Å². The van der Waals surface area contributed by atoms with E-state index in [4.69, 9.17) is 0 Å². The van der Waals surface area contributed by atoms with Crippen LogP contribution >= 0.6 is 0 Å². The van der Waals surface area contributed by atoms with Crippen molar-refractivity contribution >= 4 is 28.4 Å². The van der Waals surface area contributed by atoms with Crippen LogP contribution in [0, 0.1) is 12.7 Å². The van der Waals surface area contributed by atoms with Crippen molar-refractivity contribution in [1.82, 2.24) is 14.8 Å². The summed E-state index contributed by atoms with van der Waals surface area (Å²) in [5.41, 5.74) is 3.71. The smallest absolute Gasteiger partial charge is 0.238 e. The number of fused-ring (bicyclic) bond motifs is 1. The molecule has 0 unspecified atom stereocenters. The molecule has 2 amide bonds. The van der Waals surface area contributed by atoms with Crippen molar-refractivity contribution in [2.24, 2.45) is 0 Å². The van der Waals surface area contributed by atoms with Crippen molar-refractivity contribution in [1.29, 1.82) is 0 Å². The highest BCUT2D eigenvalue weighted by Gasteiger charge is 2.23. The molecule has 1 aromatic heterocycles. The topological polar surface area (TPSA) is 68.4 Å². The number of benzene rings is 2. The quantitative estimate of drug-likeness (QED) is 0.682. The summed E-state index contributed by atoms with van der Waals surface area (Å²) < 4.78 is 13.0. The molecule has 0 aliphatic carbocycles. The average Bonchev–Trinajstić information content (AvgIpc) is 3.05. The van der Waals surface area contributed by atoms with Crippen molar-refractivity contribution in [3.05, 3.63) is 65.6 Å². The Labute approximate surface area is 174 Å². The third-order valence-corrected chi connectivity index (χ3v) is 5.58. The fourth-order valence-electron chi connectivity index (χ4n) is 3.92. The predicted molar refractivity (Wildman–Crippen MR) is 115 cm³/mol. The van der Waals surface area contributed by atoms with Crippen molar-refractivity contribution in [3.8, 4) is 0 Å². The first-order valence-electron chi connectivity index (χ1n) is 10.1. The summed E-state index contributed by atoms with van der Waals surface area (Å²) in [5.74, 6) is -0.370. The Kier molecular flexibility index (Phi) is 5.81. The Morgan fingerprint density at radius 1 is 1.03 bits per heavy atom. The molecule has 3 aromatic rings. The SMILES string of the molecule is Cc1[nH]c2ccccc2c1CC(=O)N1CCN(CC(=O)Nc2ccc(F)cc2)CC1. The minimum absolute atomic E-state index is 0.110. The van der Waals surface area contributed by atoms with Crippen LogP contribution in [0.2, 0.25) is 0 Å². The van der Waals surface area contributed by atoms with E-state index in [2.05, 4.69) is 10.3 Å². The Morgan fingerprint density at radius 2 is 1.73 bits per heavy atom. The largest absolute Gasteiger partial charge is 0.358 e. The zero-order valence-electron chi connectivity index (χ0n) is 17.0. The van der Waals surface area contributed by atoms with Gasteiger partial charge in [0, 0.05) is 48.5 Å². The molecule has 1 saturated heterocycles. The summed E-state index contributed by atoms with van der Waals surface area (Å²) in [5, 5.41) is 3.87. The minimum Gasteiger partial charge on any atom is -0.358 e. The van der Waals surface area contributed by atoms with Crippen LogP contribution in [0.15, 0.2) is 48.5 Å². The van der Waals surface area contributed by atoms with Gasteiger partial charge in [0.25, 0.3) is 0 Å². The maximum atomic E-state index is 13.0. The number of anilines is 1. The van der Waals surface area contributed by atoms with E-state index in [1.165, 1.54) is 24.3 Å². The molecule has 0 atom stereocenters. The van der Waals surface area contributed by atoms with Gasteiger partial charge in [-0.25, -0.2) is 4.39 Å². The van der Waals surface area contributed by atoms with E-state index < -0.39 is 0 Å². The molecule has 4 rings (SSSR count). The highest BCUT2D eigenvalue weighted by Crippen LogP contribution is 2.23. The summed E-state index contributed by atoms with van der Waals surface area (Å²) in [4.78, 5) is 32.3. The van der Waals surface area contributed by atoms with Gasteiger partial charge < -0.3 is 15.2 Å². The third kappa shape index (κ3) is 4.52. The number of carbonyl (C=O) groups is 2. The predicted octanol–water partition coefficient (Wildman–Crippen LogP) is 2.94. The van der Waals surface area contributed by atoms with Crippen LogP contribution in [0.25, 0.3) is 10.9 Å². The molecule has 0 spiro atoms. The lowest BCUT2D eigenvalue weighted by Gasteiger charge is -2.34. The van der Waals surface area contributed by atoms with Gasteiger partial charge in [0.2, 0.25) is 11.8 Å². The Morgan fingerprint density at radius 3 is 2.47 bits per heavy atom. The fraction of sp³-hybridized carbons (Fsp3) is 0.304. The van der Waals surface area contributed by atoms with E-state index in [9.17, 15) is 14.0 Å². The molecule has 0 radical (unpaired) electrons. The van der Waals surface area contributed by atoms with E-state index in [-0.39, 0.29) is 24.2 Å². The number of halogens is 1. The average molecular weight is 408 g/mol. The summed E-state index contributed by atoms with van der Waals surface area (Å²) in [6.07, 6.45) is 0.376. The van der Waals surface area contributed by atoms with Gasteiger partial charge in [-0.1, -0.05) is 18.2 Å². The molecule has 1 aliphatic rings. The maximum absolute atomic E-state index is 13.0. The first-order chi connectivity index (χ1) is 14.5. The van der Waals surface area contributed by atoms with Gasteiger partial charge in [-0.05, 0) is 42.8 Å². The molecule has 1 fully saturated rings. The van der Waals surface area contributed by atoms with Crippen LogP contribution in [-0.2, 0) is 16.0 Å². The monoisotopic (exact) mass is 408 g/mol. The number of nitrogens with one attached hydrogen (secondary N) is 2.